The van der Waals surface area contributed by atoms with Gasteiger partial charge in [-0.15, -0.1) is 0 Å². The summed E-state index contributed by atoms with van der Waals surface area (Å²) in [5.41, 5.74) is 1.03. The van der Waals surface area contributed by atoms with E-state index >= 15 is 0 Å². The molecule has 3 rings (SSSR count). The fourth-order valence-corrected chi connectivity index (χ4v) is 4.33. The molecular weight excluding hydrogens is 354 g/mol. The first-order valence-corrected chi connectivity index (χ1v) is 10.6. The minimum Gasteiger partial charge on any atom is -0.497 e. The smallest absolute Gasteiger partial charge is 0.317 e. The van der Waals surface area contributed by atoms with Gasteiger partial charge in [-0.3, -0.25) is 4.79 Å². The zero-order chi connectivity index (χ0) is 19.8. The van der Waals surface area contributed by atoms with Gasteiger partial charge in [-0.2, -0.15) is 0 Å². The Hall–Kier alpha value is -2.24. The molecule has 28 heavy (non-hydrogen) atoms. The van der Waals surface area contributed by atoms with Crippen molar-refractivity contribution in [2.75, 3.05) is 20.2 Å². The molecule has 1 saturated carbocycles. The number of ether oxygens (including phenoxy) is 1. The second-order valence-electron chi connectivity index (χ2n) is 7.86. The van der Waals surface area contributed by atoms with E-state index in [2.05, 4.69) is 10.6 Å². The fraction of sp³-hybridized carbons (Fsp3) is 0.636. The summed E-state index contributed by atoms with van der Waals surface area (Å²) in [6, 6.07) is 7.67. The third-order valence-corrected chi connectivity index (χ3v) is 5.96. The molecule has 1 aliphatic heterocycles. The second kappa shape index (κ2) is 10.3. The Morgan fingerprint density at radius 3 is 2.64 bits per heavy atom. The van der Waals surface area contributed by atoms with Crippen LogP contribution in [0.4, 0.5) is 4.79 Å². The summed E-state index contributed by atoms with van der Waals surface area (Å²) in [4.78, 5) is 27.7. The van der Waals surface area contributed by atoms with Gasteiger partial charge in [0.05, 0.1) is 13.0 Å². The quantitative estimate of drug-likeness (QED) is 0.834. The van der Waals surface area contributed by atoms with Gasteiger partial charge in [0.2, 0.25) is 5.91 Å². The molecule has 0 unspecified atom stereocenters. The highest BCUT2D eigenvalue weighted by Crippen LogP contribution is 2.30. The first-order valence-electron chi connectivity index (χ1n) is 10.6. The summed E-state index contributed by atoms with van der Waals surface area (Å²) in [5, 5.41) is 6.17. The number of nitrogens with one attached hydrogen (secondary N) is 2. The lowest BCUT2D eigenvalue weighted by Crippen LogP contribution is -2.53. The van der Waals surface area contributed by atoms with Crippen molar-refractivity contribution >= 4 is 11.9 Å². The van der Waals surface area contributed by atoms with Crippen LogP contribution in [0.25, 0.3) is 0 Å². The van der Waals surface area contributed by atoms with Crippen LogP contribution in [0.5, 0.6) is 5.75 Å². The number of rotatable bonds is 3. The predicted octanol–water partition coefficient (Wildman–Crippen LogP) is 3.46. The SMILES string of the molecule is COc1ccc(CNC(=O)N2CCCCCCNC(=O)[C@@H]3CCCC[C@@H]32)cc1. The number of carbonyl (C=O) groups excluding carboxylic acids is 2. The highest BCUT2D eigenvalue weighted by molar-refractivity contribution is 5.81. The van der Waals surface area contributed by atoms with Crippen LogP contribution in [0.3, 0.4) is 0 Å². The minimum atomic E-state index is -0.0846. The number of hydrogen-bond donors (Lipinski definition) is 2. The van der Waals surface area contributed by atoms with Crippen LogP contribution >= 0.6 is 0 Å². The number of nitrogens with zero attached hydrogens (tertiary/aromatic N) is 1. The van der Waals surface area contributed by atoms with Gasteiger partial charge in [0.15, 0.2) is 0 Å². The van der Waals surface area contributed by atoms with E-state index in [4.69, 9.17) is 4.74 Å². The number of urea groups is 1. The van der Waals surface area contributed by atoms with Gasteiger partial charge in [-0.25, -0.2) is 4.79 Å². The lowest BCUT2D eigenvalue weighted by Gasteiger charge is -2.39. The van der Waals surface area contributed by atoms with Crippen LogP contribution in [-0.4, -0.2) is 43.1 Å². The van der Waals surface area contributed by atoms with Crippen LogP contribution in [0, 0.1) is 5.92 Å². The maximum absolute atomic E-state index is 13.1. The van der Waals surface area contributed by atoms with Gasteiger partial charge < -0.3 is 20.3 Å². The van der Waals surface area contributed by atoms with Crippen molar-refractivity contribution in [3.8, 4) is 5.75 Å². The summed E-state index contributed by atoms with van der Waals surface area (Å²) in [5.74, 6) is 0.844. The van der Waals surface area contributed by atoms with Gasteiger partial charge in [0, 0.05) is 25.7 Å². The van der Waals surface area contributed by atoms with Crippen LogP contribution in [0.15, 0.2) is 24.3 Å². The van der Waals surface area contributed by atoms with E-state index in [1.807, 2.05) is 29.2 Å². The van der Waals surface area contributed by atoms with Crippen LogP contribution in [0.2, 0.25) is 0 Å². The summed E-state index contributed by atoms with van der Waals surface area (Å²) in [7, 11) is 1.64. The molecule has 2 fully saturated rings. The molecule has 0 aromatic heterocycles. The zero-order valence-corrected chi connectivity index (χ0v) is 16.9. The van der Waals surface area contributed by atoms with E-state index in [0.29, 0.717) is 6.54 Å². The summed E-state index contributed by atoms with van der Waals surface area (Å²) in [6.07, 6.45) is 8.13. The Morgan fingerprint density at radius 2 is 1.86 bits per heavy atom. The molecule has 6 heteroatoms. The Labute approximate surface area is 168 Å². The molecule has 1 heterocycles. The summed E-state index contributed by atoms with van der Waals surface area (Å²) in [6.45, 7) is 1.96. The highest BCUT2D eigenvalue weighted by atomic mass is 16.5. The molecule has 2 aliphatic rings. The van der Waals surface area contributed by atoms with E-state index in [1.165, 1.54) is 0 Å². The number of benzene rings is 1. The molecule has 0 radical (unpaired) electrons. The van der Waals surface area contributed by atoms with Crippen molar-refractivity contribution in [3.05, 3.63) is 29.8 Å². The molecule has 1 aliphatic carbocycles. The molecule has 1 aromatic rings. The maximum atomic E-state index is 13.1. The number of fused-ring (bicyclic) bond motifs is 1. The number of carbonyl (C=O) groups is 2. The van der Waals surface area contributed by atoms with Crippen molar-refractivity contribution in [3.63, 3.8) is 0 Å². The first-order chi connectivity index (χ1) is 13.7. The van der Waals surface area contributed by atoms with Crippen molar-refractivity contribution in [1.82, 2.24) is 15.5 Å². The van der Waals surface area contributed by atoms with Crippen molar-refractivity contribution in [1.29, 1.82) is 0 Å². The van der Waals surface area contributed by atoms with Crippen molar-refractivity contribution < 1.29 is 14.3 Å². The highest BCUT2D eigenvalue weighted by Gasteiger charge is 2.36. The third-order valence-electron chi connectivity index (χ3n) is 5.96. The topological polar surface area (TPSA) is 70.7 Å². The van der Waals surface area contributed by atoms with Gasteiger partial charge in [0.25, 0.3) is 0 Å². The summed E-state index contributed by atoms with van der Waals surface area (Å²) < 4.78 is 5.18. The fourth-order valence-electron chi connectivity index (χ4n) is 4.33. The van der Waals surface area contributed by atoms with E-state index in [0.717, 1.165) is 75.8 Å². The number of hydrogen-bond acceptors (Lipinski definition) is 3. The number of amides is 3. The molecule has 1 aromatic carbocycles. The van der Waals surface area contributed by atoms with E-state index in [1.54, 1.807) is 7.11 Å². The van der Waals surface area contributed by atoms with Crippen molar-refractivity contribution in [2.45, 2.75) is 64.0 Å². The molecular formula is C22H33N3O3. The molecule has 0 bridgehead atoms. The lowest BCUT2D eigenvalue weighted by atomic mass is 9.82. The molecule has 2 atom stereocenters. The zero-order valence-electron chi connectivity index (χ0n) is 16.9. The van der Waals surface area contributed by atoms with Gasteiger partial charge in [-0.1, -0.05) is 37.8 Å². The standard InChI is InChI=1S/C22H33N3O3/c1-28-18-12-10-17(11-13-18)16-24-22(27)25-15-7-3-2-6-14-23-21(26)19-8-4-5-9-20(19)25/h10-13,19-20H,2-9,14-16H2,1H3,(H,23,26)(H,24,27)/t19-,20+/m1/s1. The monoisotopic (exact) mass is 387 g/mol. The van der Waals surface area contributed by atoms with E-state index < -0.39 is 0 Å². The van der Waals surface area contributed by atoms with Crippen molar-refractivity contribution in [2.24, 2.45) is 5.92 Å². The normalized spacial score (nSPS) is 23.8. The Bertz CT molecular complexity index is 647. The number of methoxy groups -OCH3 is 1. The Morgan fingerprint density at radius 1 is 1.11 bits per heavy atom. The Kier molecular flexibility index (Phi) is 7.57. The third kappa shape index (κ3) is 5.40. The average molecular weight is 388 g/mol. The lowest BCUT2D eigenvalue weighted by molar-refractivity contribution is -0.127. The van der Waals surface area contributed by atoms with Gasteiger partial charge >= 0.3 is 6.03 Å². The largest absolute Gasteiger partial charge is 0.497 e. The minimum absolute atomic E-state index is 0.00252. The van der Waals surface area contributed by atoms with Crippen LogP contribution < -0.4 is 15.4 Å². The van der Waals surface area contributed by atoms with Crippen LogP contribution in [0.1, 0.15) is 56.9 Å². The van der Waals surface area contributed by atoms with Gasteiger partial charge in [0.1, 0.15) is 5.75 Å². The van der Waals surface area contributed by atoms with Crippen LogP contribution in [-0.2, 0) is 11.3 Å². The predicted molar refractivity (Wildman–Crippen MR) is 109 cm³/mol. The molecule has 2 N–H and O–H groups in total. The average Bonchev–Trinajstić information content (AvgIpc) is 2.77. The van der Waals surface area contributed by atoms with E-state index in [-0.39, 0.29) is 23.9 Å². The maximum Gasteiger partial charge on any atom is 0.317 e. The Balaban J connectivity index is 1.68. The molecule has 3 amide bonds. The van der Waals surface area contributed by atoms with E-state index in [9.17, 15) is 9.59 Å². The molecule has 0 spiro atoms. The molecule has 1 saturated heterocycles. The first kappa shape index (κ1) is 20.5. The van der Waals surface area contributed by atoms with Gasteiger partial charge in [-0.05, 0) is 43.4 Å². The second-order valence-corrected chi connectivity index (χ2v) is 7.86. The summed E-state index contributed by atoms with van der Waals surface area (Å²) >= 11 is 0. The molecule has 6 nitrogen and oxygen atoms in total. The molecule has 154 valence electrons.